The van der Waals surface area contributed by atoms with E-state index < -0.39 is 0 Å². The van der Waals surface area contributed by atoms with Crippen LogP contribution < -0.4 is 14.8 Å². The van der Waals surface area contributed by atoms with Crippen LogP contribution in [0.1, 0.15) is 17.3 Å². The van der Waals surface area contributed by atoms with Crippen molar-refractivity contribution < 1.29 is 14.3 Å². The highest BCUT2D eigenvalue weighted by atomic mass is 16.5. The van der Waals surface area contributed by atoms with Crippen LogP contribution in [0.3, 0.4) is 0 Å². The second-order valence-electron chi connectivity index (χ2n) is 4.61. The van der Waals surface area contributed by atoms with Crippen molar-refractivity contribution in [1.29, 1.82) is 0 Å². The Morgan fingerprint density at radius 2 is 1.83 bits per heavy atom. The second-order valence-corrected chi connectivity index (χ2v) is 4.61. The van der Waals surface area contributed by atoms with Gasteiger partial charge >= 0.3 is 0 Å². The molecule has 1 atom stereocenters. The molecule has 0 saturated carbocycles. The van der Waals surface area contributed by atoms with Crippen LogP contribution >= 0.6 is 0 Å². The first kappa shape index (κ1) is 12.9. The Morgan fingerprint density at radius 1 is 1.28 bits per heavy atom. The molecule has 0 aliphatic carbocycles. The third-order valence-corrected chi connectivity index (χ3v) is 3.61. The molecule has 4 nitrogen and oxygen atoms in total. The van der Waals surface area contributed by atoms with E-state index in [4.69, 9.17) is 9.47 Å². The average molecular weight is 249 g/mol. The number of benzene rings is 1. The van der Waals surface area contributed by atoms with Gasteiger partial charge in [-0.25, -0.2) is 0 Å². The van der Waals surface area contributed by atoms with Gasteiger partial charge in [-0.3, -0.25) is 4.79 Å². The van der Waals surface area contributed by atoms with Gasteiger partial charge in [-0.2, -0.15) is 0 Å². The Hall–Kier alpha value is -1.55. The van der Waals surface area contributed by atoms with Crippen LogP contribution in [0, 0.1) is 11.8 Å². The number of rotatable bonds is 5. The van der Waals surface area contributed by atoms with E-state index in [1.165, 1.54) is 0 Å². The first-order chi connectivity index (χ1) is 8.69. The largest absolute Gasteiger partial charge is 0.496 e. The number of carbonyl (C=O) groups is 1. The van der Waals surface area contributed by atoms with Gasteiger partial charge in [0, 0.05) is 5.92 Å². The van der Waals surface area contributed by atoms with Crippen molar-refractivity contribution in [3.05, 3.63) is 23.8 Å². The minimum absolute atomic E-state index is 0.0172. The molecular weight excluding hydrogens is 230 g/mol. The minimum atomic E-state index is -0.0172. The molecule has 0 amide bonds. The maximum Gasteiger partial charge on any atom is 0.173 e. The van der Waals surface area contributed by atoms with Crippen LogP contribution in [0.25, 0.3) is 0 Å². The van der Waals surface area contributed by atoms with E-state index in [0.717, 1.165) is 13.1 Å². The summed E-state index contributed by atoms with van der Waals surface area (Å²) in [4.78, 5) is 12.6. The molecule has 1 aromatic carbocycles. The normalized spacial score (nSPS) is 16.8. The van der Waals surface area contributed by atoms with Gasteiger partial charge in [0.1, 0.15) is 17.1 Å². The SMILES string of the molecule is COc1cccc(OC)c1C(=O)C(C)C1CNC1. The standard InChI is InChI=1S/C14H19NO3/c1-9(10-7-15-8-10)14(16)13-11(17-2)5-4-6-12(13)18-3/h4-6,9-10,15H,7-8H2,1-3H3. The van der Waals surface area contributed by atoms with Crippen LogP contribution in [0.15, 0.2) is 18.2 Å². The summed E-state index contributed by atoms with van der Waals surface area (Å²) >= 11 is 0. The highest BCUT2D eigenvalue weighted by Gasteiger charge is 2.32. The summed E-state index contributed by atoms with van der Waals surface area (Å²) in [6.07, 6.45) is 0. The molecule has 4 heteroatoms. The zero-order valence-corrected chi connectivity index (χ0v) is 11.0. The van der Waals surface area contributed by atoms with E-state index in [1.54, 1.807) is 26.4 Å². The van der Waals surface area contributed by atoms with Gasteiger partial charge in [0.15, 0.2) is 5.78 Å². The molecule has 18 heavy (non-hydrogen) atoms. The maximum absolute atomic E-state index is 12.6. The molecule has 98 valence electrons. The molecule has 1 heterocycles. The summed E-state index contributed by atoms with van der Waals surface area (Å²) in [5, 5.41) is 3.19. The van der Waals surface area contributed by atoms with Crippen molar-refractivity contribution in [3.8, 4) is 11.5 Å². The molecule has 1 N–H and O–H groups in total. The van der Waals surface area contributed by atoms with Crippen LogP contribution in [-0.2, 0) is 0 Å². The quantitative estimate of drug-likeness (QED) is 0.807. The number of ether oxygens (including phenoxy) is 2. The topological polar surface area (TPSA) is 47.6 Å². The average Bonchev–Trinajstić information content (AvgIpc) is 2.34. The Bertz CT molecular complexity index is 418. The molecule has 1 aromatic rings. The first-order valence-electron chi connectivity index (χ1n) is 6.15. The molecule has 1 saturated heterocycles. The number of ketones is 1. The zero-order chi connectivity index (χ0) is 13.1. The van der Waals surface area contributed by atoms with Crippen LogP contribution in [-0.4, -0.2) is 33.1 Å². The van der Waals surface area contributed by atoms with Gasteiger partial charge in [-0.1, -0.05) is 13.0 Å². The Kier molecular flexibility index (Phi) is 3.87. The monoisotopic (exact) mass is 249 g/mol. The van der Waals surface area contributed by atoms with Gasteiger partial charge in [-0.15, -0.1) is 0 Å². The van der Waals surface area contributed by atoms with Crippen molar-refractivity contribution >= 4 is 5.78 Å². The van der Waals surface area contributed by atoms with Gasteiger partial charge < -0.3 is 14.8 Å². The second kappa shape index (κ2) is 5.40. The molecule has 0 aromatic heterocycles. The van der Waals surface area contributed by atoms with Gasteiger partial charge in [-0.05, 0) is 31.1 Å². The van der Waals surface area contributed by atoms with E-state index in [0.29, 0.717) is 23.0 Å². The number of hydrogen-bond acceptors (Lipinski definition) is 4. The summed E-state index contributed by atoms with van der Waals surface area (Å²) in [5.74, 6) is 1.65. The zero-order valence-electron chi connectivity index (χ0n) is 11.0. The Morgan fingerprint density at radius 3 is 2.22 bits per heavy atom. The number of methoxy groups -OCH3 is 2. The number of nitrogens with one attached hydrogen (secondary N) is 1. The number of hydrogen-bond donors (Lipinski definition) is 1. The summed E-state index contributed by atoms with van der Waals surface area (Å²) in [5.41, 5.74) is 0.557. The summed E-state index contributed by atoms with van der Waals surface area (Å²) in [7, 11) is 3.14. The third kappa shape index (κ3) is 2.20. The number of Topliss-reactive ketones (excluding diaryl/α,β-unsaturated/α-hetero) is 1. The van der Waals surface area contributed by atoms with Crippen molar-refractivity contribution in [2.24, 2.45) is 11.8 Å². The lowest BCUT2D eigenvalue weighted by molar-refractivity contribution is 0.0847. The van der Waals surface area contributed by atoms with Gasteiger partial charge in [0.05, 0.1) is 14.2 Å². The molecule has 1 aliphatic heterocycles. The fraction of sp³-hybridized carbons (Fsp3) is 0.500. The van der Waals surface area contributed by atoms with Crippen molar-refractivity contribution in [2.45, 2.75) is 6.92 Å². The summed E-state index contributed by atoms with van der Waals surface area (Å²) < 4.78 is 10.5. The summed E-state index contributed by atoms with van der Waals surface area (Å²) in [6, 6.07) is 5.41. The Balaban J connectivity index is 2.32. The van der Waals surface area contributed by atoms with Gasteiger partial charge in [0.2, 0.25) is 0 Å². The third-order valence-electron chi connectivity index (χ3n) is 3.61. The fourth-order valence-electron chi connectivity index (χ4n) is 2.20. The van der Waals surface area contributed by atoms with Crippen molar-refractivity contribution in [2.75, 3.05) is 27.3 Å². The molecule has 0 spiro atoms. The van der Waals surface area contributed by atoms with Crippen LogP contribution in [0.4, 0.5) is 0 Å². The smallest absolute Gasteiger partial charge is 0.173 e. The molecule has 2 rings (SSSR count). The van der Waals surface area contributed by atoms with E-state index in [1.807, 2.05) is 13.0 Å². The molecule has 1 unspecified atom stereocenters. The maximum atomic E-state index is 12.6. The minimum Gasteiger partial charge on any atom is -0.496 e. The number of carbonyl (C=O) groups excluding carboxylic acids is 1. The lowest BCUT2D eigenvalue weighted by Gasteiger charge is -2.32. The summed E-state index contributed by atoms with van der Waals surface area (Å²) in [6.45, 7) is 3.79. The van der Waals surface area contributed by atoms with E-state index in [2.05, 4.69) is 5.32 Å². The van der Waals surface area contributed by atoms with Crippen molar-refractivity contribution in [1.82, 2.24) is 5.32 Å². The lowest BCUT2D eigenvalue weighted by Crippen LogP contribution is -2.47. The van der Waals surface area contributed by atoms with E-state index in [-0.39, 0.29) is 11.7 Å². The van der Waals surface area contributed by atoms with E-state index in [9.17, 15) is 4.79 Å². The fourth-order valence-corrected chi connectivity index (χ4v) is 2.20. The predicted molar refractivity (Wildman–Crippen MR) is 69.4 cm³/mol. The Labute approximate surface area is 107 Å². The van der Waals surface area contributed by atoms with Crippen LogP contribution in [0.2, 0.25) is 0 Å². The van der Waals surface area contributed by atoms with E-state index >= 15 is 0 Å². The van der Waals surface area contributed by atoms with Crippen LogP contribution in [0.5, 0.6) is 11.5 Å². The van der Waals surface area contributed by atoms with Gasteiger partial charge in [0.25, 0.3) is 0 Å². The molecule has 0 bridgehead atoms. The van der Waals surface area contributed by atoms with Crippen molar-refractivity contribution in [3.63, 3.8) is 0 Å². The lowest BCUT2D eigenvalue weighted by atomic mass is 9.83. The molecular formula is C14H19NO3. The molecule has 1 fully saturated rings. The molecule has 0 radical (unpaired) electrons. The molecule has 1 aliphatic rings. The predicted octanol–water partition coefficient (Wildman–Crippen LogP) is 1.74. The highest BCUT2D eigenvalue weighted by Crippen LogP contribution is 2.32. The highest BCUT2D eigenvalue weighted by molar-refractivity contribution is 6.02. The first-order valence-corrected chi connectivity index (χ1v) is 6.15.